The second-order valence-corrected chi connectivity index (χ2v) is 10.6. The number of hydrogen-bond acceptors (Lipinski definition) is 5. The van der Waals surface area contributed by atoms with Gasteiger partial charge in [0, 0.05) is 42.2 Å². The number of imide groups is 1. The molecule has 0 aliphatic carbocycles. The summed E-state index contributed by atoms with van der Waals surface area (Å²) in [7, 11) is -4.17. The van der Waals surface area contributed by atoms with Crippen molar-refractivity contribution < 1.29 is 27.2 Å². The van der Waals surface area contributed by atoms with Gasteiger partial charge in [0.25, 0.3) is 15.9 Å². The van der Waals surface area contributed by atoms with Crippen LogP contribution in [0.25, 0.3) is 0 Å². The van der Waals surface area contributed by atoms with Gasteiger partial charge in [-0.1, -0.05) is 18.2 Å². The highest BCUT2D eigenvalue weighted by Crippen LogP contribution is 2.40. The number of likely N-dealkylation sites (tertiary alicyclic amines) is 1. The fourth-order valence-corrected chi connectivity index (χ4v) is 6.56. The Hall–Kier alpha value is -3.27. The third-order valence-corrected chi connectivity index (χ3v) is 8.30. The first-order valence-corrected chi connectivity index (χ1v) is 12.8. The number of sulfonamides is 1. The predicted octanol–water partition coefficient (Wildman–Crippen LogP) is 2.91. The lowest BCUT2D eigenvalue weighted by molar-refractivity contribution is -0.142. The number of anilines is 1. The number of rotatable bonds is 5. The molecular formula is C24H24FN3O5S. The largest absolute Gasteiger partial charge is 0.333 e. The van der Waals surface area contributed by atoms with Gasteiger partial charge in [-0.25, -0.2) is 12.8 Å². The van der Waals surface area contributed by atoms with Crippen molar-refractivity contribution in [2.24, 2.45) is 0 Å². The third kappa shape index (κ3) is 3.96. The molecule has 2 bridgehead atoms. The second kappa shape index (κ2) is 8.50. The predicted molar refractivity (Wildman–Crippen MR) is 121 cm³/mol. The molecule has 2 atom stereocenters. The zero-order valence-corrected chi connectivity index (χ0v) is 19.1. The van der Waals surface area contributed by atoms with Gasteiger partial charge < -0.3 is 4.90 Å². The van der Waals surface area contributed by atoms with Crippen molar-refractivity contribution in [3.8, 4) is 0 Å². The van der Waals surface area contributed by atoms with Crippen molar-refractivity contribution >= 4 is 33.4 Å². The molecule has 3 amide bonds. The molecule has 3 aliphatic rings. The minimum atomic E-state index is -4.17. The highest BCUT2D eigenvalue weighted by Gasteiger charge is 2.47. The number of carbonyl (C=O) groups is 3. The van der Waals surface area contributed by atoms with Crippen molar-refractivity contribution in [3.05, 3.63) is 59.9 Å². The first-order chi connectivity index (χ1) is 16.2. The maximum atomic E-state index is 14.0. The molecule has 2 aromatic rings. The van der Waals surface area contributed by atoms with Crippen molar-refractivity contribution in [2.45, 2.75) is 61.5 Å². The SMILES string of the molecule is O=C1CCC(=O)N1C1CC2CCC(C1)N2C(=O)c1cccc(NS(=O)(=O)c2ccccc2F)c1. The quantitative estimate of drug-likeness (QED) is 0.656. The summed E-state index contributed by atoms with van der Waals surface area (Å²) < 4.78 is 41.6. The average molecular weight is 486 g/mol. The Bertz CT molecular complexity index is 1250. The Kier molecular flexibility index (Phi) is 5.63. The van der Waals surface area contributed by atoms with Crippen LogP contribution in [0.3, 0.4) is 0 Å². The first-order valence-electron chi connectivity index (χ1n) is 11.3. The van der Waals surface area contributed by atoms with Crippen LogP contribution in [0, 0.1) is 5.82 Å². The van der Waals surface area contributed by atoms with Crippen LogP contribution in [-0.4, -0.2) is 54.1 Å². The fourth-order valence-electron chi connectivity index (χ4n) is 5.43. The molecule has 3 fully saturated rings. The highest BCUT2D eigenvalue weighted by molar-refractivity contribution is 7.92. The summed E-state index contributed by atoms with van der Waals surface area (Å²) in [5, 5.41) is 0. The highest BCUT2D eigenvalue weighted by atomic mass is 32.2. The van der Waals surface area contributed by atoms with E-state index >= 15 is 0 Å². The van der Waals surface area contributed by atoms with E-state index in [4.69, 9.17) is 0 Å². The Morgan fingerprint density at radius 1 is 0.912 bits per heavy atom. The lowest BCUT2D eigenvalue weighted by Gasteiger charge is -2.41. The molecule has 8 nitrogen and oxygen atoms in total. The minimum Gasteiger partial charge on any atom is -0.333 e. The molecule has 0 spiro atoms. The van der Waals surface area contributed by atoms with Crippen LogP contribution in [0.1, 0.15) is 48.9 Å². The lowest BCUT2D eigenvalue weighted by Crippen LogP contribution is -2.53. The lowest BCUT2D eigenvalue weighted by atomic mass is 9.95. The molecule has 3 aliphatic heterocycles. The number of nitrogens with zero attached hydrogens (tertiary/aromatic N) is 2. The van der Waals surface area contributed by atoms with Crippen molar-refractivity contribution in [3.63, 3.8) is 0 Å². The number of carbonyl (C=O) groups excluding carboxylic acids is 3. The number of nitrogens with one attached hydrogen (secondary N) is 1. The van der Waals surface area contributed by atoms with E-state index in [0.717, 1.165) is 18.9 Å². The van der Waals surface area contributed by atoms with Gasteiger partial charge in [-0.3, -0.25) is 24.0 Å². The first kappa shape index (κ1) is 22.5. The Labute approximate surface area is 196 Å². The molecule has 34 heavy (non-hydrogen) atoms. The van der Waals surface area contributed by atoms with Gasteiger partial charge in [-0.15, -0.1) is 0 Å². The number of fused-ring (bicyclic) bond motifs is 2. The van der Waals surface area contributed by atoms with E-state index in [0.29, 0.717) is 18.4 Å². The molecule has 0 aromatic heterocycles. The second-order valence-electron chi connectivity index (χ2n) is 9.00. The van der Waals surface area contributed by atoms with Gasteiger partial charge in [-0.05, 0) is 56.0 Å². The maximum Gasteiger partial charge on any atom is 0.264 e. The summed E-state index contributed by atoms with van der Waals surface area (Å²) in [4.78, 5) is 40.5. The van der Waals surface area contributed by atoms with Crippen LogP contribution in [0.4, 0.5) is 10.1 Å². The maximum absolute atomic E-state index is 14.0. The number of piperidine rings is 1. The van der Waals surface area contributed by atoms with Gasteiger partial charge >= 0.3 is 0 Å². The van der Waals surface area contributed by atoms with Crippen molar-refractivity contribution in [1.82, 2.24) is 9.80 Å². The van der Waals surface area contributed by atoms with E-state index in [9.17, 15) is 27.2 Å². The van der Waals surface area contributed by atoms with Crippen LogP contribution >= 0.6 is 0 Å². The Balaban J connectivity index is 1.33. The molecule has 5 rings (SSSR count). The Morgan fingerprint density at radius 2 is 1.56 bits per heavy atom. The third-order valence-electron chi connectivity index (χ3n) is 6.89. The molecule has 1 N–H and O–H groups in total. The molecule has 3 heterocycles. The summed E-state index contributed by atoms with van der Waals surface area (Å²) in [6.45, 7) is 0. The average Bonchev–Trinajstić information content (AvgIpc) is 3.27. The van der Waals surface area contributed by atoms with Gasteiger partial charge in [-0.2, -0.15) is 0 Å². The van der Waals surface area contributed by atoms with Gasteiger partial charge in [0.05, 0.1) is 0 Å². The Morgan fingerprint density at radius 3 is 2.21 bits per heavy atom. The van der Waals surface area contributed by atoms with Crippen LogP contribution < -0.4 is 4.72 Å². The van der Waals surface area contributed by atoms with E-state index < -0.39 is 20.7 Å². The summed E-state index contributed by atoms with van der Waals surface area (Å²) in [6.07, 6.45) is 3.20. The zero-order chi connectivity index (χ0) is 24.0. The van der Waals surface area contributed by atoms with Crippen molar-refractivity contribution in [1.29, 1.82) is 0 Å². The number of hydrogen-bond donors (Lipinski definition) is 1. The summed E-state index contributed by atoms with van der Waals surface area (Å²) >= 11 is 0. The van der Waals surface area contributed by atoms with Crippen LogP contribution in [-0.2, 0) is 19.6 Å². The molecule has 178 valence electrons. The zero-order valence-electron chi connectivity index (χ0n) is 18.3. The summed E-state index contributed by atoms with van der Waals surface area (Å²) in [5.74, 6) is -1.36. The fraction of sp³-hybridized carbons (Fsp3) is 0.375. The van der Waals surface area contributed by atoms with E-state index in [1.807, 2.05) is 4.90 Å². The number of benzene rings is 2. The molecule has 10 heteroatoms. The van der Waals surface area contributed by atoms with Crippen LogP contribution in [0.2, 0.25) is 0 Å². The monoisotopic (exact) mass is 485 g/mol. The van der Waals surface area contributed by atoms with E-state index in [1.165, 1.54) is 35.2 Å². The van der Waals surface area contributed by atoms with Crippen LogP contribution in [0.15, 0.2) is 53.4 Å². The van der Waals surface area contributed by atoms with E-state index in [-0.39, 0.29) is 54.4 Å². The summed E-state index contributed by atoms with van der Waals surface area (Å²) in [6, 6.07) is 10.9. The van der Waals surface area contributed by atoms with E-state index in [2.05, 4.69) is 4.72 Å². The topological polar surface area (TPSA) is 104 Å². The molecule has 2 aromatic carbocycles. The molecule has 0 radical (unpaired) electrons. The molecular weight excluding hydrogens is 461 g/mol. The minimum absolute atomic E-state index is 0.0868. The normalized spacial score (nSPS) is 24.6. The smallest absolute Gasteiger partial charge is 0.264 e. The van der Waals surface area contributed by atoms with E-state index in [1.54, 1.807) is 12.1 Å². The standard InChI is InChI=1S/C24H24FN3O5S/c25-20-6-1-2-7-21(20)34(32,33)26-16-5-3-4-15(12-16)24(31)27-17-8-9-18(27)14-19(13-17)28-22(29)10-11-23(28)30/h1-7,12,17-19,26H,8-11,13-14H2. The number of amides is 3. The molecule has 3 saturated heterocycles. The number of halogens is 1. The summed E-state index contributed by atoms with van der Waals surface area (Å²) in [5.41, 5.74) is 0.474. The van der Waals surface area contributed by atoms with Crippen molar-refractivity contribution in [2.75, 3.05) is 4.72 Å². The molecule has 2 unspecified atom stereocenters. The van der Waals surface area contributed by atoms with Gasteiger partial charge in [0.1, 0.15) is 10.7 Å². The van der Waals surface area contributed by atoms with Gasteiger partial charge in [0.15, 0.2) is 0 Å². The van der Waals surface area contributed by atoms with Crippen LogP contribution in [0.5, 0.6) is 0 Å². The molecule has 0 saturated carbocycles. The van der Waals surface area contributed by atoms with Gasteiger partial charge in [0.2, 0.25) is 11.8 Å².